The molecule has 0 amide bonds. The molecule has 3 rings (SSSR count). The molecular weight excluding hydrogens is 260 g/mol. The predicted octanol–water partition coefficient (Wildman–Crippen LogP) is 3.47. The summed E-state index contributed by atoms with van der Waals surface area (Å²) in [4.78, 5) is 10.4. The summed E-state index contributed by atoms with van der Waals surface area (Å²) in [7, 11) is 0. The third-order valence-electron chi connectivity index (χ3n) is 3.24. The van der Waals surface area contributed by atoms with E-state index in [1.165, 1.54) is 18.5 Å². The largest absolute Gasteiger partial charge is 0.372 e. The minimum Gasteiger partial charge on any atom is -0.372 e. The number of anilines is 3. The van der Waals surface area contributed by atoms with Crippen molar-refractivity contribution in [2.24, 2.45) is 0 Å². The van der Waals surface area contributed by atoms with Crippen molar-refractivity contribution in [2.75, 3.05) is 23.3 Å². The van der Waals surface area contributed by atoms with Crippen molar-refractivity contribution in [3.63, 3.8) is 0 Å². The molecule has 0 atom stereocenters. The Morgan fingerprint density at radius 1 is 1.05 bits per heavy atom. The van der Waals surface area contributed by atoms with E-state index in [9.17, 15) is 0 Å². The monoisotopic (exact) mass is 274 g/mol. The number of nitrogens with zero attached hydrogens (tertiary/aromatic N) is 3. The molecule has 0 radical (unpaired) electrons. The van der Waals surface area contributed by atoms with Crippen LogP contribution in [0.1, 0.15) is 12.8 Å². The standard InChI is InChI=1S/C14H15ClN4/c15-14-16-8-7-13(18-14)17-11-3-5-12(6-4-11)19-9-1-2-10-19/h3-8H,1-2,9-10H2,(H,16,17,18). The molecule has 0 unspecified atom stereocenters. The Morgan fingerprint density at radius 3 is 2.47 bits per heavy atom. The summed E-state index contributed by atoms with van der Waals surface area (Å²) in [5.41, 5.74) is 2.28. The number of hydrogen-bond donors (Lipinski definition) is 1. The van der Waals surface area contributed by atoms with Crippen LogP contribution in [-0.4, -0.2) is 23.1 Å². The highest BCUT2D eigenvalue weighted by atomic mass is 35.5. The normalized spacial score (nSPS) is 14.7. The maximum atomic E-state index is 5.75. The van der Waals surface area contributed by atoms with Gasteiger partial charge in [-0.2, -0.15) is 0 Å². The second kappa shape index (κ2) is 5.45. The summed E-state index contributed by atoms with van der Waals surface area (Å²) in [5.74, 6) is 0.703. The van der Waals surface area contributed by atoms with Crippen LogP contribution in [-0.2, 0) is 0 Å². The van der Waals surface area contributed by atoms with Gasteiger partial charge in [-0.1, -0.05) is 0 Å². The van der Waals surface area contributed by atoms with E-state index < -0.39 is 0 Å². The van der Waals surface area contributed by atoms with Gasteiger partial charge < -0.3 is 10.2 Å². The van der Waals surface area contributed by atoms with Crippen LogP contribution >= 0.6 is 11.6 Å². The SMILES string of the molecule is Clc1nccc(Nc2ccc(N3CCCC3)cc2)n1. The van der Waals surface area contributed by atoms with Crippen molar-refractivity contribution >= 4 is 28.8 Å². The van der Waals surface area contributed by atoms with Gasteiger partial charge in [0.1, 0.15) is 5.82 Å². The van der Waals surface area contributed by atoms with Crippen LogP contribution < -0.4 is 10.2 Å². The zero-order chi connectivity index (χ0) is 13.1. The minimum atomic E-state index is 0.249. The van der Waals surface area contributed by atoms with E-state index in [0.717, 1.165) is 18.8 Å². The van der Waals surface area contributed by atoms with Gasteiger partial charge in [0.2, 0.25) is 5.28 Å². The van der Waals surface area contributed by atoms with Gasteiger partial charge in [-0.15, -0.1) is 0 Å². The number of benzene rings is 1. The molecule has 1 saturated heterocycles. The van der Waals surface area contributed by atoms with E-state index in [0.29, 0.717) is 5.82 Å². The summed E-state index contributed by atoms with van der Waals surface area (Å²) in [6.45, 7) is 2.32. The molecule has 1 aromatic carbocycles. The first-order valence-electron chi connectivity index (χ1n) is 6.42. The van der Waals surface area contributed by atoms with Crippen LogP contribution in [0.15, 0.2) is 36.5 Å². The van der Waals surface area contributed by atoms with Crippen molar-refractivity contribution in [1.29, 1.82) is 0 Å². The molecule has 1 fully saturated rings. The van der Waals surface area contributed by atoms with Gasteiger partial charge in [0.05, 0.1) is 0 Å². The molecule has 4 nitrogen and oxygen atoms in total. The van der Waals surface area contributed by atoms with Crippen LogP contribution in [0.4, 0.5) is 17.2 Å². The highest BCUT2D eigenvalue weighted by Crippen LogP contribution is 2.23. The smallest absolute Gasteiger partial charge is 0.224 e. The predicted molar refractivity (Wildman–Crippen MR) is 78.2 cm³/mol. The third-order valence-corrected chi connectivity index (χ3v) is 3.42. The van der Waals surface area contributed by atoms with E-state index in [2.05, 4.69) is 44.5 Å². The fourth-order valence-corrected chi connectivity index (χ4v) is 2.43. The highest BCUT2D eigenvalue weighted by molar-refractivity contribution is 6.28. The molecule has 1 aliphatic rings. The molecule has 19 heavy (non-hydrogen) atoms. The number of nitrogens with one attached hydrogen (secondary N) is 1. The zero-order valence-corrected chi connectivity index (χ0v) is 11.3. The van der Waals surface area contributed by atoms with E-state index in [1.54, 1.807) is 12.3 Å². The van der Waals surface area contributed by atoms with Gasteiger partial charge in [0.15, 0.2) is 0 Å². The summed E-state index contributed by atoms with van der Waals surface area (Å²) in [5, 5.41) is 3.46. The first-order chi connectivity index (χ1) is 9.31. The Labute approximate surface area is 117 Å². The summed E-state index contributed by atoms with van der Waals surface area (Å²) in [6, 6.07) is 10.2. The summed E-state index contributed by atoms with van der Waals surface area (Å²) < 4.78 is 0. The molecule has 2 heterocycles. The second-order valence-electron chi connectivity index (χ2n) is 4.58. The Morgan fingerprint density at radius 2 is 1.79 bits per heavy atom. The molecule has 0 saturated carbocycles. The Hall–Kier alpha value is -1.81. The molecule has 5 heteroatoms. The lowest BCUT2D eigenvalue weighted by atomic mass is 10.2. The minimum absolute atomic E-state index is 0.249. The fourth-order valence-electron chi connectivity index (χ4n) is 2.28. The molecule has 2 aromatic rings. The van der Waals surface area contributed by atoms with E-state index >= 15 is 0 Å². The van der Waals surface area contributed by atoms with Crippen molar-refractivity contribution in [2.45, 2.75) is 12.8 Å². The molecule has 1 aromatic heterocycles. The van der Waals surface area contributed by atoms with E-state index in [-0.39, 0.29) is 5.28 Å². The molecule has 1 aliphatic heterocycles. The summed E-state index contributed by atoms with van der Waals surface area (Å²) >= 11 is 5.75. The Balaban J connectivity index is 1.72. The molecule has 0 spiro atoms. The van der Waals surface area contributed by atoms with Crippen molar-refractivity contribution in [3.8, 4) is 0 Å². The van der Waals surface area contributed by atoms with Crippen LogP contribution in [0.5, 0.6) is 0 Å². The van der Waals surface area contributed by atoms with Gasteiger partial charge in [0.25, 0.3) is 0 Å². The molecule has 0 bridgehead atoms. The van der Waals surface area contributed by atoms with Crippen LogP contribution in [0.2, 0.25) is 5.28 Å². The average Bonchev–Trinajstić information content (AvgIpc) is 2.94. The second-order valence-corrected chi connectivity index (χ2v) is 4.92. The lowest BCUT2D eigenvalue weighted by Crippen LogP contribution is -2.17. The van der Waals surface area contributed by atoms with Gasteiger partial charge in [-0.3, -0.25) is 0 Å². The van der Waals surface area contributed by atoms with Crippen molar-refractivity contribution in [1.82, 2.24) is 9.97 Å². The number of hydrogen-bond acceptors (Lipinski definition) is 4. The number of aromatic nitrogens is 2. The van der Waals surface area contributed by atoms with Gasteiger partial charge >= 0.3 is 0 Å². The lowest BCUT2D eigenvalue weighted by Gasteiger charge is -2.17. The van der Waals surface area contributed by atoms with Gasteiger partial charge in [-0.25, -0.2) is 9.97 Å². The molecule has 98 valence electrons. The molecule has 1 N–H and O–H groups in total. The van der Waals surface area contributed by atoms with E-state index in [4.69, 9.17) is 11.6 Å². The van der Waals surface area contributed by atoms with Crippen molar-refractivity contribution < 1.29 is 0 Å². The van der Waals surface area contributed by atoms with Crippen molar-refractivity contribution in [3.05, 3.63) is 41.8 Å². The first-order valence-corrected chi connectivity index (χ1v) is 6.80. The third kappa shape index (κ3) is 2.96. The zero-order valence-electron chi connectivity index (χ0n) is 10.5. The fraction of sp³-hybridized carbons (Fsp3) is 0.286. The van der Waals surface area contributed by atoms with Crippen LogP contribution in [0, 0.1) is 0 Å². The maximum absolute atomic E-state index is 5.75. The van der Waals surface area contributed by atoms with Crippen LogP contribution in [0.3, 0.4) is 0 Å². The Bertz CT molecular complexity index is 550. The maximum Gasteiger partial charge on any atom is 0.224 e. The quantitative estimate of drug-likeness (QED) is 0.870. The number of rotatable bonds is 3. The molecular formula is C14H15ClN4. The molecule has 0 aliphatic carbocycles. The summed E-state index contributed by atoms with van der Waals surface area (Å²) in [6.07, 6.45) is 4.22. The average molecular weight is 275 g/mol. The first kappa shape index (κ1) is 12.2. The highest BCUT2D eigenvalue weighted by Gasteiger charge is 2.11. The van der Waals surface area contributed by atoms with Gasteiger partial charge in [0, 0.05) is 30.7 Å². The Kier molecular flexibility index (Phi) is 3.51. The van der Waals surface area contributed by atoms with Gasteiger partial charge in [-0.05, 0) is 54.8 Å². The number of halogens is 1. The van der Waals surface area contributed by atoms with Crippen LogP contribution in [0.25, 0.3) is 0 Å². The topological polar surface area (TPSA) is 41.1 Å². The lowest BCUT2D eigenvalue weighted by molar-refractivity contribution is 0.949. The van der Waals surface area contributed by atoms with E-state index in [1.807, 2.05) is 0 Å².